The van der Waals surface area contributed by atoms with Gasteiger partial charge in [0.05, 0.1) is 18.6 Å². The van der Waals surface area contributed by atoms with Gasteiger partial charge in [-0.25, -0.2) is 0 Å². The van der Waals surface area contributed by atoms with Crippen molar-refractivity contribution in [3.8, 4) is 5.75 Å². The van der Waals surface area contributed by atoms with Gasteiger partial charge in [-0.2, -0.15) is 0 Å². The molecule has 1 atom stereocenters. The summed E-state index contributed by atoms with van der Waals surface area (Å²) < 4.78 is 5.34. The predicted molar refractivity (Wildman–Crippen MR) is 68.7 cm³/mol. The molecule has 1 aliphatic rings. The first-order valence-corrected chi connectivity index (χ1v) is 6.19. The van der Waals surface area contributed by atoms with Crippen LogP contribution in [0.25, 0.3) is 0 Å². The van der Waals surface area contributed by atoms with Crippen LogP contribution in [0.2, 0.25) is 0 Å². The zero-order chi connectivity index (χ0) is 13.2. The van der Waals surface area contributed by atoms with E-state index in [-0.39, 0.29) is 6.04 Å². The Morgan fingerprint density at radius 3 is 2.56 bits per heavy atom. The Morgan fingerprint density at radius 2 is 2.11 bits per heavy atom. The van der Waals surface area contributed by atoms with Gasteiger partial charge in [0.2, 0.25) is 0 Å². The lowest BCUT2D eigenvalue weighted by molar-refractivity contribution is -0.157. The highest BCUT2D eigenvalue weighted by atomic mass is 16.5. The van der Waals surface area contributed by atoms with Crippen LogP contribution < -0.4 is 10.1 Å². The van der Waals surface area contributed by atoms with Crippen molar-refractivity contribution < 1.29 is 14.6 Å². The SMILES string of the molecule is CNC(c1ccccc1OC)C1(C(=O)O)CCC1. The number of carboxylic acids is 1. The lowest BCUT2D eigenvalue weighted by atomic mass is 9.62. The largest absolute Gasteiger partial charge is 0.496 e. The van der Waals surface area contributed by atoms with Crippen molar-refractivity contribution in [1.82, 2.24) is 5.32 Å². The molecule has 1 unspecified atom stereocenters. The van der Waals surface area contributed by atoms with Crippen LogP contribution in [-0.2, 0) is 4.79 Å². The van der Waals surface area contributed by atoms with Crippen LogP contribution in [0.15, 0.2) is 24.3 Å². The van der Waals surface area contributed by atoms with E-state index < -0.39 is 11.4 Å². The topological polar surface area (TPSA) is 58.6 Å². The number of rotatable bonds is 5. The molecule has 0 bridgehead atoms. The number of nitrogens with one attached hydrogen (secondary N) is 1. The van der Waals surface area contributed by atoms with Gasteiger partial charge in [-0.15, -0.1) is 0 Å². The summed E-state index contributed by atoms with van der Waals surface area (Å²) in [5.74, 6) is 0.0170. The Kier molecular flexibility index (Phi) is 3.57. The van der Waals surface area contributed by atoms with Crippen molar-refractivity contribution in [3.63, 3.8) is 0 Å². The molecule has 0 aliphatic heterocycles. The Bertz CT molecular complexity index is 440. The molecule has 0 radical (unpaired) electrons. The normalized spacial score (nSPS) is 18.8. The van der Waals surface area contributed by atoms with Gasteiger partial charge >= 0.3 is 5.97 Å². The predicted octanol–water partition coefficient (Wildman–Crippen LogP) is 2.21. The molecule has 2 N–H and O–H groups in total. The van der Waals surface area contributed by atoms with Crippen LogP contribution in [0.3, 0.4) is 0 Å². The zero-order valence-corrected chi connectivity index (χ0v) is 10.8. The van der Waals surface area contributed by atoms with Gasteiger partial charge in [-0.05, 0) is 26.0 Å². The first-order valence-electron chi connectivity index (χ1n) is 6.19. The molecule has 1 aliphatic carbocycles. The molecule has 4 nitrogen and oxygen atoms in total. The van der Waals surface area contributed by atoms with Crippen LogP contribution in [0.1, 0.15) is 30.9 Å². The van der Waals surface area contributed by atoms with Crippen molar-refractivity contribution in [1.29, 1.82) is 0 Å². The third kappa shape index (κ3) is 1.86. The molecule has 98 valence electrons. The molecule has 0 aromatic heterocycles. The highest BCUT2D eigenvalue weighted by molar-refractivity contribution is 5.77. The number of hydrogen-bond donors (Lipinski definition) is 2. The fourth-order valence-corrected chi connectivity index (χ4v) is 2.82. The van der Waals surface area contributed by atoms with Gasteiger partial charge in [0.25, 0.3) is 0 Å². The van der Waals surface area contributed by atoms with Gasteiger partial charge in [0, 0.05) is 5.56 Å². The Balaban J connectivity index is 2.42. The first-order chi connectivity index (χ1) is 8.65. The van der Waals surface area contributed by atoms with Crippen LogP contribution in [0.4, 0.5) is 0 Å². The summed E-state index contributed by atoms with van der Waals surface area (Å²) in [4.78, 5) is 11.6. The highest BCUT2D eigenvalue weighted by Crippen LogP contribution is 2.51. The molecule has 4 heteroatoms. The van der Waals surface area contributed by atoms with E-state index in [4.69, 9.17) is 4.74 Å². The first kappa shape index (κ1) is 12.9. The molecule has 1 aromatic rings. The molecule has 1 saturated carbocycles. The standard InChI is InChI=1S/C14H19NO3/c1-15-12(14(13(16)17)8-5-9-14)10-6-3-4-7-11(10)18-2/h3-4,6-7,12,15H,5,8-9H2,1-2H3,(H,16,17). The van der Waals surface area contributed by atoms with Gasteiger partial charge in [-0.3, -0.25) is 4.79 Å². The van der Waals surface area contributed by atoms with E-state index in [2.05, 4.69) is 5.32 Å². The van der Waals surface area contributed by atoms with Crippen LogP contribution in [0, 0.1) is 5.41 Å². The van der Waals surface area contributed by atoms with Crippen LogP contribution in [-0.4, -0.2) is 25.2 Å². The number of methoxy groups -OCH3 is 1. The minimum absolute atomic E-state index is 0.208. The lowest BCUT2D eigenvalue weighted by Crippen LogP contribution is -2.47. The van der Waals surface area contributed by atoms with Crippen molar-refractivity contribution in [2.75, 3.05) is 14.2 Å². The number of carboxylic acid groups (broad SMARTS) is 1. The summed E-state index contributed by atoms with van der Waals surface area (Å²) in [6.07, 6.45) is 2.40. The van der Waals surface area contributed by atoms with E-state index in [9.17, 15) is 9.90 Å². The maximum atomic E-state index is 11.6. The van der Waals surface area contributed by atoms with Gasteiger partial charge < -0.3 is 15.2 Å². The lowest BCUT2D eigenvalue weighted by Gasteiger charge is -2.44. The Morgan fingerprint density at radius 1 is 1.44 bits per heavy atom. The fraction of sp³-hybridized carbons (Fsp3) is 0.500. The second kappa shape index (κ2) is 4.98. The number of aliphatic carboxylic acids is 1. The average Bonchev–Trinajstić information content (AvgIpc) is 2.33. The summed E-state index contributed by atoms with van der Waals surface area (Å²) in [7, 11) is 3.42. The van der Waals surface area contributed by atoms with E-state index in [0.29, 0.717) is 12.8 Å². The second-order valence-corrected chi connectivity index (χ2v) is 4.78. The second-order valence-electron chi connectivity index (χ2n) is 4.78. The van der Waals surface area contributed by atoms with Crippen molar-refractivity contribution in [2.24, 2.45) is 5.41 Å². The molecule has 18 heavy (non-hydrogen) atoms. The van der Waals surface area contributed by atoms with Crippen molar-refractivity contribution in [3.05, 3.63) is 29.8 Å². The van der Waals surface area contributed by atoms with E-state index >= 15 is 0 Å². The van der Waals surface area contributed by atoms with E-state index in [0.717, 1.165) is 17.7 Å². The third-order valence-electron chi connectivity index (χ3n) is 3.96. The third-order valence-corrected chi connectivity index (χ3v) is 3.96. The molecule has 0 heterocycles. The average molecular weight is 249 g/mol. The van der Waals surface area contributed by atoms with E-state index in [1.807, 2.05) is 24.3 Å². The number of hydrogen-bond acceptors (Lipinski definition) is 3. The number of para-hydroxylation sites is 1. The van der Waals surface area contributed by atoms with Crippen LogP contribution in [0.5, 0.6) is 5.75 Å². The molecule has 0 amide bonds. The Hall–Kier alpha value is -1.55. The number of carbonyl (C=O) groups is 1. The molecular weight excluding hydrogens is 230 g/mol. The van der Waals surface area contributed by atoms with Crippen LogP contribution >= 0.6 is 0 Å². The van der Waals surface area contributed by atoms with E-state index in [1.165, 1.54) is 0 Å². The summed E-state index contributed by atoms with van der Waals surface area (Å²) in [5, 5.41) is 12.7. The quantitative estimate of drug-likeness (QED) is 0.840. The summed E-state index contributed by atoms with van der Waals surface area (Å²) in [5.41, 5.74) is 0.230. The maximum Gasteiger partial charge on any atom is 0.311 e. The summed E-state index contributed by atoms with van der Waals surface area (Å²) in [6.45, 7) is 0. The molecule has 1 fully saturated rings. The van der Waals surface area contributed by atoms with Gasteiger partial charge in [0.1, 0.15) is 5.75 Å². The summed E-state index contributed by atoms with van der Waals surface area (Å²) >= 11 is 0. The molecule has 1 aromatic carbocycles. The maximum absolute atomic E-state index is 11.6. The monoisotopic (exact) mass is 249 g/mol. The smallest absolute Gasteiger partial charge is 0.311 e. The van der Waals surface area contributed by atoms with E-state index in [1.54, 1.807) is 14.2 Å². The minimum Gasteiger partial charge on any atom is -0.496 e. The van der Waals surface area contributed by atoms with Gasteiger partial charge in [-0.1, -0.05) is 24.6 Å². The minimum atomic E-state index is -0.723. The number of ether oxygens (including phenoxy) is 1. The highest BCUT2D eigenvalue weighted by Gasteiger charge is 2.51. The van der Waals surface area contributed by atoms with Crippen molar-refractivity contribution >= 4 is 5.97 Å². The fourth-order valence-electron chi connectivity index (χ4n) is 2.82. The molecule has 2 rings (SSSR count). The summed E-state index contributed by atoms with van der Waals surface area (Å²) in [6, 6.07) is 7.40. The van der Waals surface area contributed by atoms with Crippen molar-refractivity contribution in [2.45, 2.75) is 25.3 Å². The molecular formula is C14H19NO3. The number of benzene rings is 1. The molecule has 0 saturated heterocycles. The Labute approximate surface area is 107 Å². The van der Waals surface area contributed by atoms with Gasteiger partial charge in [0.15, 0.2) is 0 Å². The zero-order valence-electron chi connectivity index (χ0n) is 10.8. The molecule has 0 spiro atoms.